The highest BCUT2D eigenvalue weighted by atomic mass is 35.5. The lowest BCUT2D eigenvalue weighted by atomic mass is 9.89. The first-order valence-corrected chi connectivity index (χ1v) is 9.86. The summed E-state index contributed by atoms with van der Waals surface area (Å²) in [4.78, 5) is 31.6. The summed E-state index contributed by atoms with van der Waals surface area (Å²) in [6.45, 7) is 2.04. The lowest BCUT2D eigenvalue weighted by Crippen LogP contribution is -2.28. The Morgan fingerprint density at radius 1 is 1.48 bits per heavy atom. The fraction of sp³-hybridized carbons (Fsp3) is 0.316. The van der Waals surface area contributed by atoms with Crippen molar-refractivity contribution in [2.45, 2.75) is 32.7 Å². The van der Waals surface area contributed by atoms with Crippen LogP contribution in [0.5, 0.6) is 0 Å². The number of nitrogens with one attached hydrogen (secondary N) is 1. The first-order chi connectivity index (χ1) is 12.9. The smallest absolute Gasteiger partial charge is 0.262 e. The summed E-state index contributed by atoms with van der Waals surface area (Å²) in [6, 6.07) is 3.92. The highest BCUT2D eigenvalue weighted by Crippen LogP contribution is 2.35. The second-order valence-corrected chi connectivity index (χ2v) is 8.38. The van der Waals surface area contributed by atoms with Crippen LogP contribution in [-0.4, -0.2) is 15.5 Å². The van der Waals surface area contributed by atoms with Crippen LogP contribution in [0.15, 0.2) is 29.3 Å². The molecule has 1 N–H and O–H groups in total. The minimum absolute atomic E-state index is 0.0767. The van der Waals surface area contributed by atoms with Crippen molar-refractivity contribution in [3.8, 4) is 0 Å². The first kappa shape index (κ1) is 18.1. The van der Waals surface area contributed by atoms with Gasteiger partial charge in [-0.1, -0.05) is 18.5 Å². The molecular weight excluding hydrogens is 389 g/mol. The third-order valence-corrected chi connectivity index (χ3v) is 6.25. The Hall–Kier alpha value is -2.25. The van der Waals surface area contributed by atoms with Crippen molar-refractivity contribution in [2.75, 3.05) is 5.32 Å². The normalized spacial score (nSPS) is 16.3. The fourth-order valence-electron chi connectivity index (χ4n) is 3.41. The number of nitrogens with zero attached hydrogens (tertiary/aromatic N) is 2. The van der Waals surface area contributed by atoms with Gasteiger partial charge >= 0.3 is 0 Å². The van der Waals surface area contributed by atoms with Crippen LogP contribution in [0.1, 0.15) is 23.8 Å². The van der Waals surface area contributed by atoms with E-state index >= 15 is 0 Å². The Labute approximate surface area is 163 Å². The van der Waals surface area contributed by atoms with Gasteiger partial charge in [0.1, 0.15) is 17.2 Å². The number of anilines is 1. The number of fused-ring (bicyclic) bond motifs is 3. The number of amides is 1. The van der Waals surface area contributed by atoms with Gasteiger partial charge in [0.2, 0.25) is 5.91 Å². The minimum Gasteiger partial charge on any atom is -0.324 e. The fourth-order valence-corrected chi connectivity index (χ4v) is 4.93. The largest absolute Gasteiger partial charge is 0.324 e. The van der Waals surface area contributed by atoms with E-state index in [9.17, 15) is 14.0 Å². The molecule has 1 amide bonds. The number of thiophene rings is 1. The molecule has 1 unspecified atom stereocenters. The van der Waals surface area contributed by atoms with E-state index in [0.29, 0.717) is 17.0 Å². The van der Waals surface area contributed by atoms with Gasteiger partial charge in [0.05, 0.1) is 16.7 Å². The van der Waals surface area contributed by atoms with Gasteiger partial charge in [-0.15, -0.1) is 11.3 Å². The highest BCUT2D eigenvalue weighted by molar-refractivity contribution is 7.18. The van der Waals surface area contributed by atoms with E-state index in [1.165, 1.54) is 34.0 Å². The SMILES string of the molecule is CC1CCc2c(sc3ncn(CC(=O)Nc4ccc(F)c(Cl)c4)c(=O)c23)C1. The Bertz CT molecular complexity index is 1110. The Kier molecular flexibility index (Phi) is 4.74. The summed E-state index contributed by atoms with van der Waals surface area (Å²) in [5.41, 5.74) is 1.26. The molecule has 0 bridgehead atoms. The van der Waals surface area contributed by atoms with Crippen molar-refractivity contribution in [3.05, 3.63) is 56.2 Å². The van der Waals surface area contributed by atoms with E-state index in [-0.39, 0.29) is 17.1 Å². The molecule has 2 aromatic heterocycles. The standard InChI is InChI=1S/C19H17ClFN3O2S/c1-10-2-4-12-15(6-10)27-18-17(12)19(26)24(9-22-18)8-16(25)23-11-3-5-14(21)13(20)7-11/h3,5,7,9-10H,2,4,6,8H2,1H3,(H,23,25). The quantitative estimate of drug-likeness (QED) is 0.716. The summed E-state index contributed by atoms with van der Waals surface area (Å²) in [5.74, 6) is -0.350. The Balaban J connectivity index is 1.60. The average Bonchev–Trinajstić information content (AvgIpc) is 2.98. The van der Waals surface area contributed by atoms with Gasteiger partial charge in [-0.05, 0) is 48.9 Å². The van der Waals surface area contributed by atoms with Gasteiger partial charge in [0.25, 0.3) is 5.56 Å². The lowest BCUT2D eigenvalue weighted by molar-refractivity contribution is -0.116. The molecule has 5 nitrogen and oxygen atoms in total. The molecule has 1 aromatic carbocycles. The zero-order valence-corrected chi connectivity index (χ0v) is 16.2. The van der Waals surface area contributed by atoms with Gasteiger partial charge in [-0.3, -0.25) is 14.2 Å². The molecule has 0 radical (unpaired) electrons. The number of rotatable bonds is 3. The van der Waals surface area contributed by atoms with Gasteiger partial charge in [0, 0.05) is 10.6 Å². The number of halogens is 2. The van der Waals surface area contributed by atoms with Gasteiger partial charge in [-0.2, -0.15) is 0 Å². The van der Waals surface area contributed by atoms with Crippen LogP contribution in [-0.2, 0) is 24.2 Å². The molecule has 27 heavy (non-hydrogen) atoms. The second kappa shape index (κ2) is 7.05. The number of benzene rings is 1. The number of carbonyl (C=O) groups excluding carboxylic acids is 1. The van der Waals surface area contributed by atoms with E-state index in [2.05, 4.69) is 17.2 Å². The summed E-state index contributed by atoms with van der Waals surface area (Å²) in [6.07, 6.45) is 4.31. The number of aromatic nitrogens is 2. The number of aryl methyl sites for hydroxylation is 1. The summed E-state index contributed by atoms with van der Waals surface area (Å²) >= 11 is 7.30. The molecule has 4 rings (SSSR count). The van der Waals surface area contributed by atoms with Gasteiger partial charge in [0.15, 0.2) is 0 Å². The lowest BCUT2D eigenvalue weighted by Gasteiger charge is -2.17. The second-order valence-electron chi connectivity index (χ2n) is 6.89. The number of hydrogen-bond donors (Lipinski definition) is 1. The molecule has 0 spiro atoms. The summed E-state index contributed by atoms with van der Waals surface area (Å²) in [7, 11) is 0. The topological polar surface area (TPSA) is 64.0 Å². The monoisotopic (exact) mass is 405 g/mol. The van der Waals surface area contributed by atoms with E-state index in [1.807, 2.05) is 0 Å². The zero-order valence-electron chi connectivity index (χ0n) is 14.6. The molecule has 3 aromatic rings. The van der Waals surface area contributed by atoms with Gasteiger partial charge in [-0.25, -0.2) is 9.37 Å². The number of carbonyl (C=O) groups is 1. The van der Waals surface area contributed by atoms with E-state index < -0.39 is 11.7 Å². The van der Waals surface area contributed by atoms with Crippen molar-refractivity contribution in [1.29, 1.82) is 0 Å². The third kappa shape index (κ3) is 3.49. The maximum atomic E-state index is 13.2. The van der Waals surface area contributed by atoms with Crippen molar-refractivity contribution in [3.63, 3.8) is 0 Å². The van der Waals surface area contributed by atoms with Crippen LogP contribution in [0.3, 0.4) is 0 Å². The maximum Gasteiger partial charge on any atom is 0.262 e. The average molecular weight is 406 g/mol. The first-order valence-electron chi connectivity index (χ1n) is 8.67. The third-order valence-electron chi connectivity index (χ3n) is 4.80. The van der Waals surface area contributed by atoms with Crippen molar-refractivity contribution in [1.82, 2.24) is 9.55 Å². The predicted octanol–water partition coefficient (Wildman–Crippen LogP) is 4.01. The molecular formula is C19H17ClFN3O2S. The predicted molar refractivity (Wildman–Crippen MR) is 105 cm³/mol. The summed E-state index contributed by atoms with van der Waals surface area (Å²) in [5, 5.41) is 3.18. The minimum atomic E-state index is -0.558. The molecule has 0 saturated carbocycles. The van der Waals surface area contributed by atoms with Crippen LogP contribution in [0, 0.1) is 11.7 Å². The Morgan fingerprint density at radius 3 is 3.07 bits per heavy atom. The Morgan fingerprint density at radius 2 is 2.30 bits per heavy atom. The van der Waals surface area contributed by atoms with Crippen molar-refractivity contribution >= 4 is 44.7 Å². The maximum absolute atomic E-state index is 13.2. The molecule has 1 aliphatic carbocycles. The molecule has 0 fully saturated rings. The highest BCUT2D eigenvalue weighted by Gasteiger charge is 2.23. The number of hydrogen-bond acceptors (Lipinski definition) is 4. The zero-order chi connectivity index (χ0) is 19.1. The molecule has 0 aliphatic heterocycles. The van der Waals surface area contributed by atoms with Crippen LogP contribution >= 0.6 is 22.9 Å². The molecule has 140 valence electrons. The van der Waals surface area contributed by atoms with E-state index in [4.69, 9.17) is 11.6 Å². The molecule has 8 heteroatoms. The molecule has 0 saturated heterocycles. The van der Waals surface area contributed by atoms with Crippen LogP contribution in [0.25, 0.3) is 10.2 Å². The van der Waals surface area contributed by atoms with Crippen LogP contribution in [0.4, 0.5) is 10.1 Å². The van der Waals surface area contributed by atoms with Crippen molar-refractivity contribution in [2.24, 2.45) is 5.92 Å². The van der Waals surface area contributed by atoms with Crippen LogP contribution < -0.4 is 10.9 Å². The van der Waals surface area contributed by atoms with Gasteiger partial charge < -0.3 is 5.32 Å². The van der Waals surface area contributed by atoms with E-state index in [0.717, 1.165) is 29.7 Å². The summed E-state index contributed by atoms with van der Waals surface area (Å²) < 4.78 is 14.5. The molecule has 1 aliphatic rings. The molecule has 1 atom stereocenters. The van der Waals surface area contributed by atoms with E-state index in [1.54, 1.807) is 11.3 Å². The van der Waals surface area contributed by atoms with Crippen molar-refractivity contribution < 1.29 is 9.18 Å². The van der Waals surface area contributed by atoms with Crippen LogP contribution in [0.2, 0.25) is 5.02 Å². The molecule has 2 heterocycles.